The fourth-order valence-electron chi connectivity index (χ4n) is 1.01. The van der Waals surface area contributed by atoms with Gasteiger partial charge >= 0.3 is 6.18 Å². The van der Waals surface area contributed by atoms with Crippen LogP contribution in [0.5, 0.6) is 0 Å². The van der Waals surface area contributed by atoms with Crippen LogP contribution >= 0.6 is 11.6 Å². The first kappa shape index (κ1) is 13.3. The summed E-state index contributed by atoms with van der Waals surface area (Å²) in [6.45, 7) is 0. The maximum Gasteiger partial charge on any atom is 0.416 e. The van der Waals surface area contributed by atoms with E-state index < -0.39 is 11.7 Å². The summed E-state index contributed by atoms with van der Waals surface area (Å²) in [7, 11) is 0. The molecular weight excluding hydrogens is 257 g/mol. The molecule has 1 aromatic rings. The number of guanidine groups is 1. The minimum absolute atomic E-state index is 0.0500. The van der Waals surface area contributed by atoms with Crippen molar-refractivity contribution in [3.8, 4) is 0 Å². The van der Waals surface area contributed by atoms with Crippen molar-refractivity contribution in [1.29, 1.82) is 0 Å². The SMILES string of the molecule is NC(N)=NN=Cc1cc(Cl)cc(C(F)(F)F)c1. The minimum Gasteiger partial charge on any atom is -0.369 e. The molecule has 0 amide bonds. The summed E-state index contributed by atoms with van der Waals surface area (Å²) < 4.78 is 37.3. The molecule has 0 aliphatic rings. The smallest absolute Gasteiger partial charge is 0.369 e. The number of nitrogens with zero attached hydrogens (tertiary/aromatic N) is 2. The van der Waals surface area contributed by atoms with E-state index in [1.165, 1.54) is 6.07 Å². The van der Waals surface area contributed by atoms with Crippen LogP contribution in [0.15, 0.2) is 28.4 Å². The van der Waals surface area contributed by atoms with Gasteiger partial charge in [0.2, 0.25) is 5.96 Å². The van der Waals surface area contributed by atoms with Crippen LogP contribution in [0.2, 0.25) is 5.02 Å². The molecule has 17 heavy (non-hydrogen) atoms. The van der Waals surface area contributed by atoms with E-state index in [1.807, 2.05) is 0 Å². The van der Waals surface area contributed by atoms with E-state index in [2.05, 4.69) is 10.2 Å². The molecule has 0 aliphatic carbocycles. The fourth-order valence-corrected chi connectivity index (χ4v) is 1.26. The van der Waals surface area contributed by atoms with Crippen LogP contribution in [0.3, 0.4) is 0 Å². The summed E-state index contributed by atoms with van der Waals surface area (Å²) in [6.07, 6.45) is -3.40. The highest BCUT2D eigenvalue weighted by molar-refractivity contribution is 6.30. The van der Waals surface area contributed by atoms with Gasteiger partial charge in [0, 0.05) is 5.02 Å². The van der Waals surface area contributed by atoms with Gasteiger partial charge in [-0.05, 0) is 23.8 Å². The normalized spacial score (nSPS) is 11.8. The van der Waals surface area contributed by atoms with Crippen LogP contribution in [0.25, 0.3) is 0 Å². The Labute approximate surface area is 99.8 Å². The van der Waals surface area contributed by atoms with E-state index in [4.69, 9.17) is 23.1 Å². The minimum atomic E-state index is -4.47. The van der Waals surface area contributed by atoms with Crippen LogP contribution in [0.4, 0.5) is 13.2 Å². The molecule has 0 saturated carbocycles. The number of benzene rings is 1. The van der Waals surface area contributed by atoms with Gasteiger partial charge in [0.15, 0.2) is 0 Å². The van der Waals surface area contributed by atoms with E-state index in [9.17, 15) is 13.2 Å². The molecule has 0 spiro atoms. The molecule has 0 unspecified atom stereocenters. The molecule has 8 heteroatoms. The molecule has 0 radical (unpaired) electrons. The average molecular weight is 265 g/mol. The molecule has 92 valence electrons. The Morgan fingerprint density at radius 2 is 1.88 bits per heavy atom. The van der Waals surface area contributed by atoms with Crippen LogP contribution in [0, 0.1) is 0 Å². The van der Waals surface area contributed by atoms with E-state index in [1.54, 1.807) is 0 Å². The average Bonchev–Trinajstić information content (AvgIpc) is 2.14. The number of halogens is 4. The Balaban J connectivity index is 3.06. The van der Waals surface area contributed by atoms with Crippen molar-refractivity contribution in [3.05, 3.63) is 34.3 Å². The quantitative estimate of drug-likeness (QED) is 0.487. The summed E-state index contributed by atoms with van der Waals surface area (Å²) in [5.41, 5.74) is 9.27. The molecule has 4 nitrogen and oxygen atoms in total. The number of alkyl halides is 3. The van der Waals surface area contributed by atoms with Crippen LogP contribution < -0.4 is 11.5 Å². The second-order valence-electron chi connectivity index (χ2n) is 3.04. The second-order valence-corrected chi connectivity index (χ2v) is 3.48. The van der Waals surface area contributed by atoms with Crippen molar-refractivity contribution < 1.29 is 13.2 Å². The highest BCUT2D eigenvalue weighted by Crippen LogP contribution is 2.31. The highest BCUT2D eigenvalue weighted by Gasteiger charge is 2.30. The Hall–Kier alpha value is -1.76. The van der Waals surface area contributed by atoms with E-state index in [-0.39, 0.29) is 16.5 Å². The molecule has 1 aromatic carbocycles. The predicted octanol–water partition coefficient (Wildman–Crippen LogP) is 1.97. The van der Waals surface area contributed by atoms with Gasteiger partial charge in [-0.15, -0.1) is 5.10 Å². The number of hydrogen-bond donors (Lipinski definition) is 2. The molecule has 0 bridgehead atoms. The van der Waals surface area contributed by atoms with Gasteiger partial charge in [0.1, 0.15) is 0 Å². The molecule has 1 rings (SSSR count). The number of hydrogen-bond acceptors (Lipinski definition) is 2. The zero-order valence-electron chi connectivity index (χ0n) is 8.37. The third-order valence-corrected chi connectivity index (χ3v) is 1.85. The maximum atomic E-state index is 12.4. The third kappa shape index (κ3) is 4.31. The van der Waals surface area contributed by atoms with Gasteiger partial charge in [-0.1, -0.05) is 11.6 Å². The largest absolute Gasteiger partial charge is 0.416 e. The van der Waals surface area contributed by atoms with Gasteiger partial charge in [0.25, 0.3) is 0 Å². The molecule has 0 fully saturated rings. The zero-order valence-corrected chi connectivity index (χ0v) is 9.13. The Morgan fingerprint density at radius 3 is 2.41 bits per heavy atom. The Bertz CT molecular complexity index is 464. The summed E-state index contributed by atoms with van der Waals surface area (Å²) >= 11 is 5.55. The van der Waals surface area contributed by atoms with Gasteiger partial charge in [-0.25, -0.2) is 0 Å². The van der Waals surface area contributed by atoms with Crippen molar-refractivity contribution in [2.24, 2.45) is 21.7 Å². The van der Waals surface area contributed by atoms with Crippen molar-refractivity contribution in [3.63, 3.8) is 0 Å². The summed E-state index contributed by atoms with van der Waals surface area (Å²) in [5.74, 6) is -0.292. The standard InChI is InChI=1S/C9H8ClF3N4/c10-7-2-5(4-16-17-8(14)15)1-6(3-7)9(11,12)13/h1-4H,(H4,14,15,17). The molecule has 0 atom stereocenters. The van der Waals surface area contributed by atoms with Crippen molar-refractivity contribution >= 4 is 23.8 Å². The number of rotatable bonds is 2. The first-order valence-corrected chi connectivity index (χ1v) is 4.66. The lowest BCUT2D eigenvalue weighted by atomic mass is 10.1. The fraction of sp³-hybridized carbons (Fsp3) is 0.111. The topological polar surface area (TPSA) is 76.8 Å². The van der Waals surface area contributed by atoms with Crippen LogP contribution in [-0.4, -0.2) is 12.2 Å². The summed E-state index contributed by atoms with van der Waals surface area (Å²) in [6, 6.07) is 3.01. The van der Waals surface area contributed by atoms with Crippen LogP contribution in [-0.2, 0) is 6.18 Å². The van der Waals surface area contributed by atoms with Gasteiger partial charge in [-0.3, -0.25) is 0 Å². The highest BCUT2D eigenvalue weighted by atomic mass is 35.5. The molecular formula is C9H8ClF3N4. The van der Waals surface area contributed by atoms with Gasteiger partial charge < -0.3 is 11.5 Å². The molecule has 0 heterocycles. The molecule has 0 saturated heterocycles. The van der Waals surface area contributed by atoms with Crippen molar-refractivity contribution in [2.75, 3.05) is 0 Å². The molecule has 4 N–H and O–H groups in total. The Kier molecular flexibility index (Phi) is 3.95. The van der Waals surface area contributed by atoms with Crippen LogP contribution in [0.1, 0.15) is 11.1 Å². The first-order chi connectivity index (χ1) is 7.79. The first-order valence-electron chi connectivity index (χ1n) is 4.29. The molecule has 0 aliphatic heterocycles. The summed E-state index contributed by atoms with van der Waals surface area (Å²) in [4.78, 5) is 0. The maximum absolute atomic E-state index is 12.4. The lowest BCUT2D eigenvalue weighted by molar-refractivity contribution is -0.137. The lowest BCUT2D eigenvalue weighted by Gasteiger charge is -2.07. The van der Waals surface area contributed by atoms with Crippen molar-refractivity contribution in [1.82, 2.24) is 0 Å². The Morgan fingerprint density at radius 1 is 1.24 bits per heavy atom. The lowest BCUT2D eigenvalue weighted by Crippen LogP contribution is -2.21. The van der Waals surface area contributed by atoms with E-state index >= 15 is 0 Å². The second kappa shape index (κ2) is 5.05. The molecule has 0 aromatic heterocycles. The number of nitrogens with two attached hydrogens (primary N) is 2. The zero-order chi connectivity index (χ0) is 13.1. The predicted molar refractivity (Wildman–Crippen MR) is 59.9 cm³/mol. The van der Waals surface area contributed by atoms with Gasteiger partial charge in [-0.2, -0.15) is 18.3 Å². The van der Waals surface area contributed by atoms with E-state index in [0.29, 0.717) is 0 Å². The van der Waals surface area contributed by atoms with Crippen molar-refractivity contribution in [2.45, 2.75) is 6.18 Å². The van der Waals surface area contributed by atoms with E-state index in [0.717, 1.165) is 18.3 Å². The van der Waals surface area contributed by atoms with Gasteiger partial charge in [0.05, 0.1) is 11.8 Å². The third-order valence-electron chi connectivity index (χ3n) is 1.63. The summed E-state index contributed by atoms with van der Waals surface area (Å²) in [5, 5.41) is 6.60. The monoisotopic (exact) mass is 264 g/mol.